The van der Waals surface area contributed by atoms with Gasteiger partial charge in [-0.1, -0.05) is 88.1 Å². The van der Waals surface area contributed by atoms with E-state index in [-0.39, 0.29) is 12.1 Å². The van der Waals surface area contributed by atoms with Gasteiger partial charge in [-0.3, -0.25) is 19.1 Å². The van der Waals surface area contributed by atoms with Crippen molar-refractivity contribution in [2.75, 3.05) is 30.9 Å². The Morgan fingerprint density at radius 1 is 1.02 bits per heavy atom. The van der Waals surface area contributed by atoms with Crippen molar-refractivity contribution < 1.29 is 24.2 Å². The predicted octanol–water partition coefficient (Wildman–Crippen LogP) is 6.71. The summed E-state index contributed by atoms with van der Waals surface area (Å²) in [4.78, 5) is 41.3. The van der Waals surface area contributed by atoms with Crippen LogP contribution in [-0.4, -0.2) is 54.4 Å². The van der Waals surface area contributed by atoms with Gasteiger partial charge in [0.1, 0.15) is 18.3 Å². The van der Waals surface area contributed by atoms with E-state index in [0.717, 1.165) is 66.2 Å². The van der Waals surface area contributed by atoms with Crippen LogP contribution in [0.4, 0.5) is 11.4 Å². The maximum absolute atomic E-state index is 13.1. The zero-order chi connectivity index (χ0) is 32.9. The molecule has 2 amide bonds. The van der Waals surface area contributed by atoms with Crippen LogP contribution in [0.3, 0.4) is 0 Å². The lowest BCUT2D eigenvalue weighted by atomic mass is 9.87. The first-order valence-corrected chi connectivity index (χ1v) is 17.8. The molecule has 1 heterocycles. The number of carboxylic acid groups (broad SMARTS) is 1. The molecule has 0 fully saturated rings. The quantitative estimate of drug-likeness (QED) is 0.0978. The van der Waals surface area contributed by atoms with E-state index in [4.69, 9.17) is 9.84 Å². The fourth-order valence-electron chi connectivity index (χ4n) is 5.49. The second kappa shape index (κ2) is 17.3. The van der Waals surface area contributed by atoms with Crippen LogP contribution in [0.2, 0.25) is 0 Å². The third-order valence-electron chi connectivity index (χ3n) is 7.93. The number of hydrogen-bond donors (Lipinski definition) is 4. The van der Waals surface area contributed by atoms with Gasteiger partial charge in [-0.25, -0.2) is 0 Å². The summed E-state index contributed by atoms with van der Waals surface area (Å²) in [6, 6.07) is 22.2. The van der Waals surface area contributed by atoms with Crippen molar-refractivity contribution in [3.05, 3.63) is 78.4 Å². The fraction of sp³-hybridized carbons (Fsp3) is 0.400. The predicted molar refractivity (Wildman–Crippen MR) is 186 cm³/mol. The van der Waals surface area contributed by atoms with Gasteiger partial charge < -0.3 is 25.4 Å². The van der Waals surface area contributed by atoms with Gasteiger partial charge in [-0.15, -0.1) is 11.8 Å². The molecule has 0 bridgehead atoms. The fourth-order valence-corrected chi connectivity index (χ4v) is 7.07. The summed E-state index contributed by atoms with van der Waals surface area (Å²) >= 11 is 3.16. The van der Waals surface area contributed by atoms with Crippen molar-refractivity contribution in [1.29, 1.82) is 0 Å². The van der Waals surface area contributed by atoms with Crippen LogP contribution >= 0.6 is 23.7 Å². The summed E-state index contributed by atoms with van der Waals surface area (Å²) in [7, 11) is 0. The average Bonchev–Trinajstić information content (AvgIpc) is 3.24. The number of ether oxygens (including phenoxy) is 1. The van der Waals surface area contributed by atoms with Crippen molar-refractivity contribution in [1.82, 2.24) is 15.4 Å². The third kappa shape index (κ3) is 9.43. The minimum atomic E-state index is -1.17. The Morgan fingerprint density at radius 3 is 2.28 bits per heavy atom. The Bertz CT molecular complexity index is 1450. The molecule has 1 aliphatic heterocycles. The van der Waals surface area contributed by atoms with E-state index in [2.05, 4.69) is 64.4 Å². The van der Waals surface area contributed by atoms with Gasteiger partial charge in [-0.05, 0) is 60.9 Å². The lowest BCUT2D eigenvalue weighted by Gasteiger charge is -2.38. The molecule has 0 aliphatic carbocycles. The summed E-state index contributed by atoms with van der Waals surface area (Å²) in [5, 5.41) is 14.1. The number of nitrogens with zero attached hydrogens (tertiary/aromatic N) is 1. The highest BCUT2D eigenvalue weighted by Crippen LogP contribution is 2.45. The Hall–Kier alpha value is -3.67. The third-order valence-corrected chi connectivity index (χ3v) is 9.77. The Kier molecular flexibility index (Phi) is 13.2. The number of carboxylic acids is 1. The topological polar surface area (TPSA) is 120 Å². The van der Waals surface area contributed by atoms with Crippen molar-refractivity contribution >= 4 is 52.9 Å². The van der Waals surface area contributed by atoms with Gasteiger partial charge in [0.2, 0.25) is 5.91 Å². The molecule has 9 nitrogen and oxygen atoms in total. The van der Waals surface area contributed by atoms with E-state index >= 15 is 0 Å². The van der Waals surface area contributed by atoms with Crippen molar-refractivity contribution in [3.8, 4) is 5.75 Å². The van der Waals surface area contributed by atoms with E-state index in [1.807, 2.05) is 18.4 Å². The van der Waals surface area contributed by atoms with E-state index in [9.17, 15) is 14.4 Å². The standard InChI is InChI=1S/C35H44N4O5S2/c1-4-6-18-35(19-7-5-2)24-39(26-16-12-9-13-17-26)27-20-30(45-3)28(21-29(27)46-38-35)44-23-31(40)37-33(25-14-10-8-11-15-25)34(43)36-22-32(41)42/h8-17,20-21,33,38H,4-7,18-19,22-24H2,1-3H3,(H,36,43)(H,37,40)(H,41,42). The molecule has 3 aromatic carbocycles. The van der Waals surface area contributed by atoms with Crippen LogP contribution in [0.15, 0.2) is 82.6 Å². The molecule has 4 N–H and O–H groups in total. The van der Waals surface area contributed by atoms with Gasteiger partial charge in [-0.2, -0.15) is 0 Å². The molecule has 246 valence electrons. The average molecular weight is 665 g/mol. The van der Waals surface area contributed by atoms with Crippen molar-refractivity contribution in [3.63, 3.8) is 0 Å². The summed E-state index contributed by atoms with van der Waals surface area (Å²) in [6.07, 6.45) is 8.63. The van der Waals surface area contributed by atoms with Crippen LogP contribution in [0.25, 0.3) is 0 Å². The molecule has 46 heavy (non-hydrogen) atoms. The molecule has 3 aromatic rings. The van der Waals surface area contributed by atoms with Gasteiger partial charge >= 0.3 is 5.97 Å². The summed E-state index contributed by atoms with van der Waals surface area (Å²) < 4.78 is 9.99. The molecule has 0 saturated heterocycles. The number of anilines is 2. The number of carbonyl (C=O) groups is 3. The highest BCUT2D eigenvalue weighted by Gasteiger charge is 2.36. The molecule has 1 atom stereocenters. The van der Waals surface area contributed by atoms with Gasteiger partial charge in [0, 0.05) is 17.8 Å². The lowest BCUT2D eigenvalue weighted by Crippen LogP contribution is -2.49. The number of amides is 2. The number of aliphatic carboxylic acids is 1. The van der Waals surface area contributed by atoms with Crippen molar-refractivity contribution in [2.45, 2.75) is 73.7 Å². The Morgan fingerprint density at radius 2 is 1.67 bits per heavy atom. The summed E-state index contributed by atoms with van der Waals surface area (Å²) in [5.41, 5.74) is 2.66. The maximum Gasteiger partial charge on any atom is 0.322 e. The molecular formula is C35H44N4O5S2. The zero-order valence-corrected chi connectivity index (χ0v) is 28.3. The zero-order valence-electron chi connectivity index (χ0n) is 26.7. The van der Waals surface area contributed by atoms with E-state index in [1.54, 1.807) is 54.0 Å². The molecule has 0 spiro atoms. The summed E-state index contributed by atoms with van der Waals surface area (Å²) in [6.45, 7) is 4.43. The van der Waals surface area contributed by atoms with E-state index < -0.39 is 30.4 Å². The molecule has 4 rings (SSSR count). The van der Waals surface area contributed by atoms with Crippen LogP contribution < -0.4 is 25.0 Å². The number of hydrogen-bond acceptors (Lipinski definition) is 8. The second-order valence-electron chi connectivity index (χ2n) is 11.4. The van der Waals surface area contributed by atoms with Crippen LogP contribution in [-0.2, 0) is 14.4 Å². The lowest BCUT2D eigenvalue weighted by molar-refractivity contribution is -0.138. The van der Waals surface area contributed by atoms with Crippen LogP contribution in [0.1, 0.15) is 64.0 Å². The highest BCUT2D eigenvalue weighted by atomic mass is 32.2. The molecule has 0 aromatic heterocycles. The Balaban J connectivity index is 1.59. The molecule has 0 radical (unpaired) electrons. The highest BCUT2D eigenvalue weighted by molar-refractivity contribution is 7.98. The molecule has 11 heteroatoms. The first-order chi connectivity index (χ1) is 22.3. The Labute approximate surface area is 280 Å². The van der Waals surface area contributed by atoms with Crippen molar-refractivity contribution in [2.24, 2.45) is 0 Å². The van der Waals surface area contributed by atoms with E-state index in [0.29, 0.717) is 11.3 Å². The maximum atomic E-state index is 13.1. The van der Waals surface area contributed by atoms with E-state index in [1.165, 1.54) is 0 Å². The SMILES string of the molecule is CCCCC1(CCCC)CN(c2ccccc2)c2cc(SC)c(OCC(=O)NC(C(=O)NCC(=O)O)c3ccccc3)cc2SN1. The minimum absolute atomic E-state index is 0.0837. The molecule has 0 saturated carbocycles. The molecular weight excluding hydrogens is 621 g/mol. The second-order valence-corrected chi connectivity index (χ2v) is 13.1. The summed E-state index contributed by atoms with van der Waals surface area (Å²) in [5.74, 6) is -1.72. The normalized spacial score (nSPS) is 14.5. The van der Waals surface area contributed by atoms with Gasteiger partial charge in [0.25, 0.3) is 5.91 Å². The number of unbranched alkanes of at least 4 members (excludes halogenated alkanes) is 2. The number of benzene rings is 3. The monoisotopic (exact) mass is 664 g/mol. The molecule has 1 aliphatic rings. The molecule has 1 unspecified atom stereocenters. The number of rotatable bonds is 16. The number of thioether (sulfide) groups is 1. The number of nitrogens with one attached hydrogen (secondary N) is 3. The smallest absolute Gasteiger partial charge is 0.322 e. The van der Waals surface area contributed by atoms with Crippen LogP contribution in [0, 0.1) is 0 Å². The number of para-hydroxylation sites is 1. The number of carbonyl (C=O) groups excluding carboxylic acids is 2. The first-order valence-electron chi connectivity index (χ1n) is 15.7. The largest absolute Gasteiger partial charge is 0.483 e. The minimum Gasteiger partial charge on any atom is -0.483 e. The first kappa shape index (κ1) is 35.2. The van der Waals surface area contributed by atoms with Gasteiger partial charge in [0.15, 0.2) is 6.61 Å². The van der Waals surface area contributed by atoms with Gasteiger partial charge in [0.05, 0.1) is 15.5 Å². The number of fused-ring (bicyclic) bond motifs is 1. The van der Waals surface area contributed by atoms with Crippen LogP contribution in [0.5, 0.6) is 5.75 Å².